The van der Waals surface area contributed by atoms with Crippen LogP contribution in [0.1, 0.15) is 61.7 Å². The van der Waals surface area contributed by atoms with Crippen LogP contribution in [0.15, 0.2) is 18.2 Å². The highest BCUT2D eigenvalue weighted by atomic mass is 16.4. The van der Waals surface area contributed by atoms with Gasteiger partial charge in [-0.3, -0.25) is 4.79 Å². The normalized spacial score (nSPS) is 21.9. The van der Waals surface area contributed by atoms with E-state index in [1.807, 2.05) is 6.07 Å². The van der Waals surface area contributed by atoms with Crippen LogP contribution >= 0.6 is 0 Å². The van der Waals surface area contributed by atoms with Gasteiger partial charge in [0, 0.05) is 30.7 Å². The van der Waals surface area contributed by atoms with Gasteiger partial charge in [-0.15, -0.1) is 0 Å². The lowest BCUT2D eigenvalue weighted by molar-refractivity contribution is -0.122. The lowest BCUT2D eigenvalue weighted by Crippen LogP contribution is -2.46. The topological polar surface area (TPSA) is 72.9 Å². The number of benzene rings is 1. The van der Waals surface area contributed by atoms with Crippen molar-refractivity contribution in [1.82, 2.24) is 4.90 Å². The van der Waals surface area contributed by atoms with Crippen LogP contribution in [0.3, 0.4) is 0 Å². The maximum absolute atomic E-state index is 12.2. The summed E-state index contributed by atoms with van der Waals surface area (Å²) in [4.78, 5) is 28.9. The number of amides is 1. The molecule has 0 atom stereocenters. The Bertz CT molecular complexity index is 718. The van der Waals surface area contributed by atoms with Crippen LogP contribution in [-0.2, 0) is 4.79 Å². The number of carbonyl (C=O) groups is 2. The number of piperidine rings is 2. The van der Waals surface area contributed by atoms with E-state index < -0.39 is 5.97 Å². The lowest BCUT2D eigenvalue weighted by Gasteiger charge is -2.41. The van der Waals surface area contributed by atoms with Crippen molar-refractivity contribution in [2.45, 2.75) is 57.4 Å². The number of aromatic carboxylic acids is 1. The van der Waals surface area contributed by atoms with Gasteiger partial charge in [0.25, 0.3) is 0 Å². The van der Waals surface area contributed by atoms with Crippen molar-refractivity contribution in [3.8, 4) is 0 Å². The van der Waals surface area contributed by atoms with Crippen molar-refractivity contribution in [2.24, 2.45) is 5.92 Å². The summed E-state index contributed by atoms with van der Waals surface area (Å²) in [6.07, 6.45) is 9.13. The number of anilines is 2. The van der Waals surface area contributed by atoms with E-state index in [4.69, 9.17) is 0 Å². The predicted molar refractivity (Wildman–Crippen MR) is 110 cm³/mol. The summed E-state index contributed by atoms with van der Waals surface area (Å²) in [6, 6.07) is 6.09. The number of hydrogen-bond acceptors (Lipinski definition) is 4. The Hall–Kier alpha value is -2.08. The van der Waals surface area contributed by atoms with Gasteiger partial charge >= 0.3 is 5.97 Å². The summed E-state index contributed by atoms with van der Waals surface area (Å²) in [5.74, 6) is -1.01. The van der Waals surface area contributed by atoms with Crippen molar-refractivity contribution in [3.05, 3.63) is 23.8 Å². The maximum Gasteiger partial charge on any atom is 0.337 e. The number of carboxylic acids is 1. The number of rotatable bonds is 5. The summed E-state index contributed by atoms with van der Waals surface area (Å²) >= 11 is 0. The molecule has 0 bridgehead atoms. The van der Waals surface area contributed by atoms with Crippen LogP contribution in [0.25, 0.3) is 0 Å². The summed E-state index contributed by atoms with van der Waals surface area (Å²) in [5, 5.41) is 12.5. The average Bonchev–Trinajstić information content (AvgIpc) is 2.67. The van der Waals surface area contributed by atoms with Gasteiger partial charge in [-0.25, -0.2) is 4.79 Å². The molecule has 1 aliphatic carbocycles. The van der Waals surface area contributed by atoms with E-state index >= 15 is 0 Å². The number of carboxylic acid groups (broad SMARTS) is 1. The van der Waals surface area contributed by atoms with Crippen molar-refractivity contribution >= 4 is 23.3 Å². The zero-order valence-corrected chi connectivity index (χ0v) is 16.5. The van der Waals surface area contributed by atoms with Gasteiger partial charge in [0.2, 0.25) is 5.91 Å². The van der Waals surface area contributed by atoms with Crippen molar-refractivity contribution in [1.29, 1.82) is 0 Å². The van der Waals surface area contributed by atoms with Crippen LogP contribution in [0.5, 0.6) is 0 Å². The molecule has 4 rings (SSSR count). The lowest BCUT2D eigenvalue weighted by atomic mass is 9.85. The second kappa shape index (κ2) is 8.52. The quantitative estimate of drug-likeness (QED) is 0.811. The smallest absolute Gasteiger partial charge is 0.337 e. The third-order valence-electron chi connectivity index (χ3n) is 6.70. The number of hydrogen-bond donors (Lipinski definition) is 2. The van der Waals surface area contributed by atoms with Crippen LogP contribution in [-0.4, -0.2) is 54.1 Å². The van der Waals surface area contributed by atoms with Crippen LogP contribution < -0.4 is 10.2 Å². The Morgan fingerprint density at radius 2 is 1.64 bits per heavy atom. The van der Waals surface area contributed by atoms with Crippen LogP contribution in [0.4, 0.5) is 11.4 Å². The standard InChI is InChI=1S/C22H31N3O3/c26-21(16-5-4-6-16)23-20-8-7-18(15-19(20)22(27)28)25-13-9-17(10-14-25)24-11-2-1-3-12-24/h7-8,15-17H,1-6,9-14H2,(H,23,26)(H,27,28). The largest absolute Gasteiger partial charge is 0.478 e. The molecular formula is C22H31N3O3. The molecule has 2 heterocycles. The molecule has 1 amide bonds. The fourth-order valence-electron chi connectivity index (χ4n) is 4.69. The first-order valence-electron chi connectivity index (χ1n) is 10.8. The van der Waals surface area contributed by atoms with Gasteiger partial charge in [0.15, 0.2) is 0 Å². The molecule has 2 saturated heterocycles. The molecule has 2 aliphatic heterocycles. The zero-order valence-electron chi connectivity index (χ0n) is 16.5. The molecule has 1 aromatic rings. The third kappa shape index (κ3) is 4.17. The van der Waals surface area contributed by atoms with Gasteiger partial charge in [0.05, 0.1) is 11.3 Å². The minimum Gasteiger partial charge on any atom is -0.478 e. The van der Waals surface area contributed by atoms with E-state index in [-0.39, 0.29) is 17.4 Å². The molecule has 28 heavy (non-hydrogen) atoms. The summed E-state index contributed by atoms with van der Waals surface area (Å²) in [5.41, 5.74) is 1.54. The Labute approximate surface area is 166 Å². The Kier molecular flexibility index (Phi) is 5.85. The van der Waals surface area contributed by atoms with E-state index in [1.165, 1.54) is 32.4 Å². The molecule has 6 heteroatoms. The number of likely N-dealkylation sites (tertiary alicyclic amines) is 1. The highest BCUT2D eigenvalue weighted by Crippen LogP contribution is 2.31. The van der Waals surface area contributed by atoms with E-state index in [0.717, 1.165) is 50.9 Å². The maximum atomic E-state index is 12.2. The van der Waals surface area contributed by atoms with Crippen LogP contribution in [0, 0.1) is 5.92 Å². The molecule has 0 aromatic heterocycles. The SMILES string of the molecule is O=C(O)c1cc(N2CCC(N3CCCCC3)CC2)ccc1NC(=O)C1CCC1. The fourth-order valence-corrected chi connectivity index (χ4v) is 4.69. The molecule has 152 valence electrons. The summed E-state index contributed by atoms with van der Waals surface area (Å²) in [6.45, 7) is 4.36. The number of carbonyl (C=O) groups excluding carboxylic acids is 1. The van der Waals surface area contributed by atoms with Gasteiger partial charge < -0.3 is 20.2 Å². The minimum absolute atomic E-state index is 0.0372. The molecule has 1 aromatic carbocycles. The number of nitrogens with zero attached hydrogens (tertiary/aromatic N) is 2. The first kappa shape index (κ1) is 19.2. The van der Waals surface area contributed by atoms with E-state index in [9.17, 15) is 14.7 Å². The van der Waals surface area contributed by atoms with Gasteiger partial charge in [-0.1, -0.05) is 12.8 Å². The monoisotopic (exact) mass is 385 g/mol. The molecule has 3 fully saturated rings. The molecule has 0 spiro atoms. The Balaban J connectivity index is 1.41. The zero-order chi connectivity index (χ0) is 19.5. The molecule has 3 aliphatic rings. The van der Waals surface area contributed by atoms with Gasteiger partial charge in [0.1, 0.15) is 0 Å². The van der Waals surface area contributed by atoms with Gasteiger partial charge in [-0.05, 0) is 69.8 Å². The molecule has 0 radical (unpaired) electrons. The highest BCUT2D eigenvalue weighted by molar-refractivity contribution is 6.02. The first-order chi connectivity index (χ1) is 13.6. The van der Waals surface area contributed by atoms with Crippen molar-refractivity contribution < 1.29 is 14.7 Å². The predicted octanol–water partition coefficient (Wildman–Crippen LogP) is 3.58. The van der Waals surface area contributed by atoms with E-state index in [1.54, 1.807) is 12.1 Å². The molecule has 2 N–H and O–H groups in total. The van der Waals surface area contributed by atoms with Crippen molar-refractivity contribution in [3.63, 3.8) is 0 Å². The fraction of sp³-hybridized carbons (Fsp3) is 0.636. The Morgan fingerprint density at radius 1 is 0.929 bits per heavy atom. The van der Waals surface area contributed by atoms with E-state index in [2.05, 4.69) is 15.1 Å². The van der Waals surface area contributed by atoms with Crippen molar-refractivity contribution in [2.75, 3.05) is 36.4 Å². The minimum atomic E-state index is -0.992. The second-order valence-electron chi connectivity index (χ2n) is 8.47. The van der Waals surface area contributed by atoms with E-state index in [0.29, 0.717) is 11.7 Å². The molecule has 6 nitrogen and oxygen atoms in total. The summed E-state index contributed by atoms with van der Waals surface area (Å²) in [7, 11) is 0. The Morgan fingerprint density at radius 3 is 2.25 bits per heavy atom. The molecule has 0 unspecified atom stereocenters. The molecule has 1 saturated carbocycles. The van der Waals surface area contributed by atoms with Crippen LogP contribution in [0.2, 0.25) is 0 Å². The number of nitrogens with one attached hydrogen (secondary N) is 1. The average molecular weight is 386 g/mol. The molecular weight excluding hydrogens is 354 g/mol. The first-order valence-corrected chi connectivity index (χ1v) is 10.8. The third-order valence-corrected chi connectivity index (χ3v) is 6.70. The summed E-state index contributed by atoms with van der Waals surface area (Å²) < 4.78 is 0. The second-order valence-corrected chi connectivity index (χ2v) is 8.47. The highest BCUT2D eigenvalue weighted by Gasteiger charge is 2.28. The van der Waals surface area contributed by atoms with Gasteiger partial charge in [-0.2, -0.15) is 0 Å².